The molecule has 1 saturated heterocycles. The quantitative estimate of drug-likeness (QED) is 0.451. The number of rotatable bonds is 6. The zero-order valence-corrected chi connectivity index (χ0v) is 14.7. The Balaban J connectivity index is 2.27. The van der Waals surface area contributed by atoms with Crippen LogP contribution in [-0.4, -0.2) is 56.1 Å². The molecule has 7 nitrogen and oxygen atoms in total. The third kappa shape index (κ3) is 3.84. The van der Waals surface area contributed by atoms with Gasteiger partial charge in [0.05, 0.1) is 12.0 Å². The van der Waals surface area contributed by atoms with Crippen LogP contribution in [0.1, 0.15) is 29.3 Å². The molecule has 0 spiro atoms. The molecule has 0 amide bonds. The van der Waals surface area contributed by atoms with Gasteiger partial charge in [0.1, 0.15) is 5.56 Å². The number of anilines is 1. The van der Waals surface area contributed by atoms with Crippen LogP contribution in [0.4, 0.5) is 11.4 Å². The summed E-state index contributed by atoms with van der Waals surface area (Å²) < 4.78 is 4.72. The molecule has 2 rings (SSSR count). The lowest BCUT2D eigenvalue weighted by Crippen LogP contribution is -2.28. The number of carbonyl (C=O) groups excluding carboxylic acids is 1. The van der Waals surface area contributed by atoms with Crippen molar-refractivity contribution in [2.24, 2.45) is 5.92 Å². The second-order valence-electron chi connectivity index (χ2n) is 6.36. The van der Waals surface area contributed by atoms with Crippen LogP contribution in [0.25, 0.3) is 0 Å². The van der Waals surface area contributed by atoms with Gasteiger partial charge in [-0.25, -0.2) is 4.79 Å². The van der Waals surface area contributed by atoms with Crippen LogP contribution in [0.15, 0.2) is 12.1 Å². The zero-order valence-electron chi connectivity index (χ0n) is 14.7. The molecule has 0 radical (unpaired) electrons. The van der Waals surface area contributed by atoms with E-state index in [-0.39, 0.29) is 11.3 Å². The van der Waals surface area contributed by atoms with Gasteiger partial charge >= 0.3 is 5.97 Å². The number of nitrogens with zero attached hydrogens (tertiary/aromatic N) is 3. The Kier molecular flexibility index (Phi) is 5.77. The molecular formula is C17H25N3O4. The maximum atomic E-state index is 12.0. The first kappa shape index (κ1) is 18.2. The van der Waals surface area contributed by atoms with E-state index in [9.17, 15) is 14.9 Å². The standard InChI is InChI=1S/C17H25N3O4/c1-5-18(3)10-13-6-7-19(11-13)14-8-12(2)16(20(22)23)15(9-14)17(21)24-4/h8-9,13H,5-7,10-11H2,1-4H3/t13-/m0/s1. The maximum Gasteiger partial charge on any atom is 0.344 e. The second-order valence-corrected chi connectivity index (χ2v) is 6.36. The van der Waals surface area contributed by atoms with Gasteiger partial charge in [-0.15, -0.1) is 0 Å². The van der Waals surface area contributed by atoms with Crippen LogP contribution < -0.4 is 4.90 Å². The monoisotopic (exact) mass is 335 g/mol. The minimum atomic E-state index is -0.673. The third-order valence-electron chi connectivity index (χ3n) is 4.63. The first-order valence-electron chi connectivity index (χ1n) is 8.18. The van der Waals surface area contributed by atoms with Gasteiger partial charge < -0.3 is 14.5 Å². The number of benzene rings is 1. The highest BCUT2D eigenvalue weighted by molar-refractivity contribution is 5.95. The average molecular weight is 335 g/mol. The van der Waals surface area contributed by atoms with Gasteiger partial charge in [-0.3, -0.25) is 10.1 Å². The van der Waals surface area contributed by atoms with Crippen molar-refractivity contribution in [3.05, 3.63) is 33.4 Å². The van der Waals surface area contributed by atoms with Crippen LogP contribution >= 0.6 is 0 Å². The number of aryl methyl sites for hydroxylation is 1. The van der Waals surface area contributed by atoms with Gasteiger partial charge in [0.15, 0.2) is 0 Å². The van der Waals surface area contributed by atoms with Crippen molar-refractivity contribution >= 4 is 17.3 Å². The van der Waals surface area contributed by atoms with E-state index < -0.39 is 10.9 Å². The first-order chi connectivity index (χ1) is 11.4. The molecule has 0 unspecified atom stereocenters. The number of nitro groups is 1. The first-order valence-corrected chi connectivity index (χ1v) is 8.18. The van der Waals surface area contributed by atoms with Crippen molar-refractivity contribution in [1.82, 2.24) is 4.90 Å². The molecular weight excluding hydrogens is 310 g/mol. The maximum absolute atomic E-state index is 12.0. The molecule has 1 aliphatic heterocycles. The number of ether oxygens (including phenoxy) is 1. The summed E-state index contributed by atoms with van der Waals surface area (Å²) in [5.74, 6) is -0.111. The lowest BCUT2D eigenvalue weighted by Gasteiger charge is -2.22. The fraction of sp³-hybridized carbons (Fsp3) is 0.588. The van der Waals surface area contributed by atoms with Crippen molar-refractivity contribution in [3.63, 3.8) is 0 Å². The van der Waals surface area contributed by atoms with E-state index in [0.717, 1.165) is 38.3 Å². The van der Waals surface area contributed by atoms with E-state index in [1.165, 1.54) is 7.11 Å². The molecule has 0 bridgehead atoms. The number of hydrogen-bond acceptors (Lipinski definition) is 6. The van der Waals surface area contributed by atoms with Gasteiger partial charge in [-0.1, -0.05) is 6.92 Å². The Morgan fingerprint density at radius 2 is 2.21 bits per heavy atom. The van der Waals surface area contributed by atoms with Crippen molar-refractivity contribution in [2.75, 3.05) is 45.2 Å². The summed E-state index contributed by atoms with van der Waals surface area (Å²) in [5, 5.41) is 11.3. The molecule has 0 saturated carbocycles. The molecule has 1 aromatic carbocycles. The molecule has 1 aliphatic rings. The lowest BCUT2D eigenvalue weighted by atomic mass is 10.1. The molecule has 1 fully saturated rings. The highest BCUT2D eigenvalue weighted by atomic mass is 16.6. The Morgan fingerprint density at radius 1 is 1.50 bits per heavy atom. The topological polar surface area (TPSA) is 75.9 Å². The van der Waals surface area contributed by atoms with Crippen LogP contribution in [-0.2, 0) is 4.74 Å². The van der Waals surface area contributed by atoms with Crippen LogP contribution in [0.2, 0.25) is 0 Å². The van der Waals surface area contributed by atoms with Gasteiger partial charge in [0, 0.05) is 30.9 Å². The zero-order chi connectivity index (χ0) is 17.9. The summed E-state index contributed by atoms with van der Waals surface area (Å²) in [7, 11) is 3.34. The lowest BCUT2D eigenvalue weighted by molar-refractivity contribution is -0.385. The van der Waals surface area contributed by atoms with Crippen molar-refractivity contribution in [2.45, 2.75) is 20.3 Å². The predicted octanol–water partition coefficient (Wildman–Crippen LogP) is 2.47. The molecule has 1 heterocycles. The molecule has 132 valence electrons. The van der Waals surface area contributed by atoms with Crippen LogP contribution in [0, 0.1) is 23.0 Å². The second kappa shape index (κ2) is 7.61. The number of nitro benzene ring substituents is 1. The molecule has 1 aromatic rings. The molecule has 0 N–H and O–H groups in total. The van der Waals surface area contributed by atoms with Crippen LogP contribution in [0.5, 0.6) is 0 Å². The number of esters is 1. The highest BCUT2D eigenvalue weighted by Gasteiger charge is 2.29. The largest absolute Gasteiger partial charge is 0.465 e. The summed E-state index contributed by atoms with van der Waals surface area (Å²) in [4.78, 5) is 27.2. The van der Waals surface area contributed by atoms with Crippen molar-refractivity contribution in [1.29, 1.82) is 0 Å². The van der Waals surface area contributed by atoms with Gasteiger partial charge in [-0.2, -0.15) is 0 Å². The van der Waals surface area contributed by atoms with Crippen molar-refractivity contribution < 1.29 is 14.5 Å². The van der Waals surface area contributed by atoms with E-state index >= 15 is 0 Å². The normalized spacial score (nSPS) is 17.4. The predicted molar refractivity (Wildman–Crippen MR) is 92.7 cm³/mol. The summed E-state index contributed by atoms with van der Waals surface area (Å²) in [6.45, 7) is 7.62. The fourth-order valence-electron chi connectivity index (χ4n) is 3.24. The fourth-order valence-corrected chi connectivity index (χ4v) is 3.24. The third-order valence-corrected chi connectivity index (χ3v) is 4.63. The summed E-state index contributed by atoms with van der Waals surface area (Å²) in [6.07, 6.45) is 1.08. The Labute approximate surface area is 142 Å². The molecule has 0 aromatic heterocycles. The Hall–Kier alpha value is -2.15. The van der Waals surface area contributed by atoms with E-state index in [2.05, 4.69) is 23.8 Å². The van der Waals surface area contributed by atoms with Gasteiger partial charge in [0.25, 0.3) is 5.69 Å². The molecule has 24 heavy (non-hydrogen) atoms. The summed E-state index contributed by atoms with van der Waals surface area (Å²) >= 11 is 0. The van der Waals surface area contributed by atoms with Gasteiger partial charge in [0.2, 0.25) is 0 Å². The minimum Gasteiger partial charge on any atom is -0.465 e. The van der Waals surface area contributed by atoms with Crippen molar-refractivity contribution in [3.8, 4) is 0 Å². The number of hydrogen-bond donors (Lipinski definition) is 0. The SMILES string of the molecule is CCN(C)C[C@@H]1CCN(c2cc(C)c([N+](=O)[O-])c(C(=O)OC)c2)C1. The Morgan fingerprint density at radius 3 is 2.79 bits per heavy atom. The number of carbonyl (C=O) groups is 1. The molecule has 1 atom stereocenters. The van der Waals surface area contributed by atoms with E-state index in [0.29, 0.717) is 11.5 Å². The molecule has 0 aliphatic carbocycles. The smallest absolute Gasteiger partial charge is 0.344 e. The van der Waals surface area contributed by atoms with E-state index in [4.69, 9.17) is 4.74 Å². The summed E-state index contributed by atoms with van der Waals surface area (Å²) in [6, 6.07) is 3.37. The average Bonchev–Trinajstić information content (AvgIpc) is 3.01. The highest BCUT2D eigenvalue weighted by Crippen LogP contribution is 2.32. The number of methoxy groups -OCH3 is 1. The van der Waals surface area contributed by atoms with E-state index in [1.807, 2.05) is 0 Å². The summed E-state index contributed by atoms with van der Waals surface area (Å²) in [5.41, 5.74) is 1.17. The molecule has 7 heteroatoms. The van der Waals surface area contributed by atoms with Crippen LogP contribution in [0.3, 0.4) is 0 Å². The van der Waals surface area contributed by atoms with Gasteiger partial charge in [-0.05, 0) is 45.0 Å². The van der Waals surface area contributed by atoms with E-state index in [1.54, 1.807) is 19.1 Å². The Bertz CT molecular complexity index is 633. The minimum absolute atomic E-state index is 0.0200.